The number of fused-ring (bicyclic) bond motifs is 2. The second-order valence-corrected chi connectivity index (χ2v) is 7.33. The lowest BCUT2D eigenvalue weighted by molar-refractivity contribution is -0.111. The van der Waals surface area contributed by atoms with Gasteiger partial charge >= 0.3 is 0 Å². The molecule has 1 aliphatic heterocycles. The number of hydrogen-bond donors (Lipinski definition) is 1. The maximum absolute atomic E-state index is 12.2. The van der Waals surface area contributed by atoms with E-state index in [9.17, 15) is 4.79 Å². The van der Waals surface area contributed by atoms with Gasteiger partial charge in [0.05, 0.1) is 10.2 Å². The Bertz CT molecular complexity index is 1010. The Kier molecular flexibility index (Phi) is 4.34. The number of rotatable bonds is 4. The summed E-state index contributed by atoms with van der Waals surface area (Å²) in [5, 5.41) is 3.45. The first kappa shape index (κ1) is 16.6. The fraction of sp³-hybridized carbons (Fsp3) is 0.200. The first-order chi connectivity index (χ1) is 12.6. The van der Waals surface area contributed by atoms with E-state index >= 15 is 0 Å². The van der Waals surface area contributed by atoms with Crippen LogP contribution in [0.15, 0.2) is 42.5 Å². The SMILES string of the molecule is CC(C)c1cccc2sc(NC(=O)/C=C/c3ccc4c(c3)OCO4)nc12. The molecule has 1 aromatic heterocycles. The normalized spacial score (nSPS) is 13.0. The van der Waals surface area contributed by atoms with Gasteiger partial charge in [0.2, 0.25) is 12.7 Å². The van der Waals surface area contributed by atoms with Crippen molar-refractivity contribution in [3.8, 4) is 11.5 Å². The molecule has 3 aromatic rings. The average Bonchev–Trinajstić information content (AvgIpc) is 3.24. The van der Waals surface area contributed by atoms with Crippen LogP contribution in [0.3, 0.4) is 0 Å². The zero-order valence-electron chi connectivity index (χ0n) is 14.5. The number of ether oxygens (including phenoxy) is 2. The van der Waals surface area contributed by atoms with Crippen molar-refractivity contribution in [1.29, 1.82) is 0 Å². The summed E-state index contributed by atoms with van der Waals surface area (Å²) in [4.78, 5) is 16.8. The predicted molar refractivity (Wildman–Crippen MR) is 104 cm³/mol. The molecule has 0 unspecified atom stereocenters. The molecule has 1 aliphatic rings. The molecular formula is C20H18N2O3S. The molecule has 0 atom stereocenters. The molecule has 0 spiro atoms. The van der Waals surface area contributed by atoms with Crippen molar-refractivity contribution in [1.82, 2.24) is 4.98 Å². The van der Waals surface area contributed by atoms with Crippen LogP contribution in [0.25, 0.3) is 16.3 Å². The summed E-state index contributed by atoms with van der Waals surface area (Å²) in [6, 6.07) is 11.7. The lowest BCUT2D eigenvalue weighted by atomic mass is 10.0. The summed E-state index contributed by atoms with van der Waals surface area (Å²) < 4.78 is 11.7. The third-order valence-corrected chi connectivity index (χ3v) is 5.06. The third kappa shape index (κ3) is 3.28. The van der Waals surface area contributed by atoms with Crippen molar-refractivity contribution in [3.05, 3.63) is 53.6 Å². The van der Waals surface area contributed by atoms with Crippen molar-refractivity contribution in [3.63, 3.8) is 0 Å². The van der Waals surface area contributed by atoms with Crippen LogP contribution >= 0.6 is 11.3 Å². The maximum atomic E-state index is 12.2. The smallest absolute Gasteiger partial charge is 0.250 e. The van der Waals surface area contributed by atoms with Crippen molar-refractivity contribution < 1.29 is 14.3 Å². The zero-order chi connectivity index (χ0) is 18.1. The van der Waals surface area contributed by atoms with E-state index < -0.39 is 0 Å². The number of carbonyl (C=O) groups excluding carboxylic acids is 1. The van der Waals surface area contributed by atoms with Gasteiger partial charge in [-0.1, -0.05) is 43.4 Å². The molecule has 1 amide bonds. The van der Waals surface area contributed by atoms with Gasteiger partial charge in [-0.25, -0.2) is 4.98 Å². The van der Waals surface area contributed by atoms with E-state index in [4.69, 9.17) is 9.47 Å². The van der Waals surface area contributed by atoms with Crippen LogP contribution in [0, 0.1) is 0 Å². The Hall–Kier alpha value is -2.86. The molecular weight excluding hydrogens is 348 g/mol. The van der Waals surface area contributed by atoms with Crippen molar-refractivity contribution in [2.75, 3.05) is 12.1 Å². The number of nitrogens with one attached hydrogen (secondary N) is 1. The number of anilines is 1. The van der Waals surface area contributed by atoms with Gasteiger partial charge in [0.25, 0.3) is 0 Å². The van der Waals surface area contributed by atoms with E-state index in [1.165, 1.54) is 23.0 Å². The second kappa shape index (κ2) is 6.80. The average molecular weight is 366 g/mol. The highest BCUT2D eigenvalue weighted by atomic mass is 32.1. The van der Waals surface area contributed by atoms with Crippen LogP contribution < -0.4 is 14.8 Å². The van der Waals surface area contributed by atoms with Gasteiger partial charge in [0.15, 0.2) is 16.6 Å². The molecule has 6 heteroatoms. The molecule has 4 rings (SSSR count). The quantitative estimate of drug-likeness (QED) is 0.674. The van der Waals surface area contributed by atoms with E-state index in [0.717, 1.165) is 21.5 Å². The van der Waals surface area contributed by atoms with Gasteiger partial charge in [0.1, 0.15) is 0 Å². The molecule has 132 valence electrons. The maximum Gasteiger partial charge on any atom is 0.250 e. The third-order valence-electron chi connectivity index (χ3n) is 4.13. The number of carbonyl (C=O) groups is 1. The number of hydrogen-bond acceptors (Lipinski definition) is 5. The fourth-order valence-corrected chi connectivity index (χ4v) is 3.73. The van der Waals surface area contributed by atoms with Crippen LogP contribution in [0.2, 0.25) is 0 Å². The number of aromatic nitrogens is 1. The number of nitrogens with zero attached hydrogens (tertiary/aromatic N) is 1. The summed E-state index contributed by atoms with van der Waals surface area (Å²) in [7, 11) is 0. The van der Waals surface area contributed by atoms with Crippen LogP contribution in [0.5, 0.6) is 11.5 Å². The molecule has 1 N–H and O–H groups in total. The van der Waals surface area contributed by atoms with Gasteiger partial charge in [-0.15, -0.1) is 0 Å². The Morgan fingerprint density at radius 2 is 2.08 bits per heavy atom. The Morgan fingerprint density at radius 3 is 2.92 bits per heavy atom. The standard InChI is InChI=1S/C20H18N2O3S/c1-12(2)14-4-3-5-17-19(14)22-20(26-17)21-18(23)9-7-13-6-8-15-16(10-13)25-11-24-15/h3-10,12H,11H2,1-2H3,(H,21,22,23)/b9-7+. The highest BCUT2D eigenvalue weighted by molar-refractivity contribution is 7.22. The molecule has 2 aromatic carbocycles. The Labute approximate surface area is 155 Å². The fourth-order valence-electron chi connectivity index (χ4n) is 2.82. The van der Waals surface area contributed by atoms with Gasteiger partial charge < -0.3 is 9.47 Å². The molecule has 0 aliphatic carbocycles. The molecule has 26 heavy (non-hydrogen) atoms. The van der Waals surface area contributed by atoms with Crippen molar-refractivity contribution in [2.45, 2.75) is 19.8 Å². The monoisotopic (exact) mass is 366 g/mol. The lowest BCUT2D eigenvalue weighted by Gasteiger charge is -2.04. The largest absolute Gasteiger partial charge is 0.454 e. The zero-order valence-corrected chi connectivity index (χ0v) is 15.3. The van der Waals surface area contributed by atoms with Crippen molar-refractivity contribution in [2.24, 2.45) is 0 Å². The molecule has 0 fully saturated rings. The van der Waals surface area contributed by atoms with Gasteiger partial charge in [0, 0.05) is 6.08 Å². The van der Waals surface area contributed by atoms with Crippen molar-refractivity contribution >= 4 is 38.7 Å². The Morgan fingerprint density at radius 1 is 1.23 bits per heavy atom. The molecule has 2 heterocycles. The minimum Gasteiger partial charge on any atom is -0.454 e. The first-order valence-corrected chi connectivity index (χ1v) is 9.20. The van der Waals surface area contributed by atoms with E-state index in [-0.39, 0.29) is 12.7 Å². The summed E-state index contributed by atoms with van der Waals surface area (Å²) >= 11 is 1.48. The molecule has 0 saturated heterocycles. The minimum atomic E-state index is -0.215. The van der Waals surface area contributed by atoms with E-state index in [0.29, 0.717) is 16.8 Å². The van der Waals surface area contributed by atoms with E-state index in [2.05, 4.69) is 30.2 Å². The van der Waals surface area contributed by atoms with Crippen LogP contribution in [0.1, 0.15) is 30.9 Å². The number of amides is 1. The number of benzene rings is 2. The highest BCUT2D eigenvalue weighted by Gasteiger charge is 2.13. The van der Waals surface area contributed by atoms with Crippen LogP contribution in [0.4, 0.5) is 5.13 Å². The van der Waals surface area contributed by atoms with Gasteiger partial charge in [-0.2, -0.15) is 0 Å². The molecule has 0 bridgehead atoms. The summed E-state index contributed by atoms with van der Waals surface area (Å²) in [5.41, 5.74) is 3.02. The van der Waals surface area contributed by atoms with E-state index in [1.807, 2.05) is 30.3 Å². The van der Waals surface area contributed by atoms with Gasteiger partial charge in [-0.3, -0.25) is 10.1 Å². The number of para-hydroxylation sites is 1. The number of thiazole rings is 1. The lowest BCUT2D eigenvalue weighted by Crippen LogP contribution is -2.07. The molecule has 5 nitrogen and oxygen atoms in total. The topological polar surface area (TPSA) is 60.5 Å². The predicted octanol–water partition coefficient (Wildman–Crippen LogP) is 4.80. The summed E-state index contributed by atoms with van der Waals surface area (Å²) in [5.74, 6) is 1.59. The Balaban J connectivity index is 1.49. The van der Waals surface area contributed by atoms with Crippen LogP contribution in [-0.2, 0) is 4.79 Å². The molecule has 0 saturated carbocycles. The second-order valence-electron chi connectivity index (χ2n) is 6.30. The summed E-state index contributed by atoms with van der Waals surface area (Å²) in [6.07, 6.45) is 3.23. The summed E-state index contributed by atoms with van der Waals surface area (Å²) in [6.45, 7) is 4.51. The van der Waals surface area contributed by atoms with Gasteiger partial charge in [-0.05, 0) is 41.3 Å². The van der Waals surface area contributed by atoms with Crippen LogP contribution in [-0.4, -0.2) is 17.7 Å². The first-order valence-electron chi connectivity index (χ1n) is 8.38. The van der Waals surface area contributed by atoms with E-state index in [1.54, 1.807) is 6.08 Å². The highest BCUT2D eigenvalue weighted by Crippen LogP contribution is 2.33. The minimum absolute atomic E-state index is 0.215. The molecule has 0 radical (unpaired) electrons.